The Morgan fingerprint density at radius 1 is 1.25 bits per heavy atom. The van der Waals surface area contributed by atoms with Gasteiger partial charge in [-0.15, -0.1) is 0 Å². The summed E-state index contributed by atoms with van der Waals surface area (Å²) in [5.41, 5.74) is -5.49. The molecule has 0 saturated carbocycles. The Hall–Kier alpha value is -1.28. The van der Waals surface area contributed by atoms with Crippen LogP contribution in [-0.2, 0) is 31.6 Å². The molecular weight excluding hydrogens is 533 g/mol. The van der Waals surface area contributed by atoms with Gasteiger partial charge in [-0.1, -0.05) is 0 Å². The lowest BCUT2D eigenvalue weighted by atomic mass is 9.97. The number of ether oxygens (including phenoxy) is 1. The number of phosphoric acid groups is 3. The highest BCUT2D eigenvalue weighted by atomic mass is 35.5. The molecule has 17 nitrogen and oxygen atoms in total. The van der Waals surface area contributed by atoms with Crippen LogP contribution in [0.5, 0.6) is 0 Å². The molecule has 2 rings (SSSR count). The van der Waals surface area contributed by atoms with Gasteiger partial charge in [0.2, 0.25) is 5.67 Å². The summed E-state index contributed by atoms with van der Waals surface area (Å²) in [5, 5.41) is 11.8. The Balaban J connectivity index is 2.24. The molecule has 1 fully saturated rings. The molecule has 1 aromatic heterocycles. The highest BCUT2D eigenvalue weighted by Crippen LogP contribution is 2.66. The zero-order valence-corrected chi connectivity index (χ0v) is 18.4. The molecule has 3 unspecified atom stereocenters. The molecule has 32 heavy (non-hydrogen) atoms. The molecule has 6 atom stereocenters. The maximum absolute atomic E-state index is 15.3. The van der Waals surface area contributed by atoms with Crippen molar-refractivity contribution >= 4 is 35.1 Å². The molecule has 180 valence electrons. The molecule has 0 aromatic carbocycles. The van der Waals surface area contributed by atoms with Crippen LogP contribution in [-0.4, -0.2) is 63.7 Å². The third kappa shape index (κ3) is 6.62. The monoisotopic (exact) mass is 545 g/mol. The van der Waals surface area contributed by atoms with Gasteiger partial charge in [0, 0.05) is 5.38 Å². The van der Waals surface area contributed by atoms with Crippen LogP contribution in [0.15, 0.2) is 15.9 Å². The highest BCUT2D eigenvalue weighted by Gasteiger charge is 2.58. The van der Waals surface area contributed by atoms with Crippen molar-refractivity contribution in [2.45, 2.75) is 24.1 Å². The number of nitrogens with one attached hydrogen (secondary N) is 1. The predicted molar refractivity (Wildman–Crippen MR) is 96.3 cm³/mol. The van der Waals surface area contributed by atoms with E-state index < -0.39 is 65.6 Å². The molecule has 1 saturated heterocycles. The average Bonchev–Trinajstić information content (AvgIpc) is 2.82. The van der Waals surface area contributed by atoms with E-state index in [1.807, 2.05) is 0 Å². The molecule has 0 bridgehead atoms. The van der Waals surface area contributed by atoms with E-state index in [-0.39, 0.29) is 0 Å². The smallest absolute Gasteiger partial charge is 0.386 e. The Morgan fingerprint density at radius 2 is 1.88 bits per heavy atom. The summed E-state index contributed by atoms with van der Waals surface area (Å²) in [5.74, 6) is 1.74. The summed E-state index contributed by atoms with van der Waals surface area (Å²) in [6.45, 7) is -1.26. The molecule has 0 radical (unpaired) electrons. The van der Waals surface area contributed by atoms with Crippen molar-refractivity contribution in [1.29, 1.82) is 0 Å². The minimum atomic E-state index is -5.83. The van der Waals surface area contributed by atoms with Crippen LogP contribution in [0.3, 0.4) is 0 Å². The van der Waals surface area contributed by atoms with Gasteiger partial charge in [-0.2, -0.15) is 13.6 Å². The number of alkyl halides is 1. The van der Waals surface area contributed by atoms with Crippen LogP contribution >= 0.6 is 35.1 Å². The second-order valence-electron chi connectivity index (χ2n) is 5.73. The minimum Gasteiger partial charge on any atom is -0.386 e. The predicted octanol–water partition coefficient (Wildman–Crippen LogP) is -1.56. The number of rotatable bonds is 8. The van der Waals surface area contributed by atoms with Gasteiger partial charge in [-0.25, -0.2) is 27.7 Å². The van der Waals surface area contributed by atoms with Crippen LogP contribution < -0.4 is 11.4 Å². The fourth-order valence-electron chi connectivity index (χ4n) is 2.36. The lowest BCUT2D eigenvalue weighted by molar-refractivity contribution is -0.0540. The van der Waals surface area contributed by atoms with Gasteiger partial charge in [0.25, 0.3) is 0 Å². The number of phosphoric ester groups is 1. The number of hydrogen-bond acceptors (Lipinski definition) is 11. The van der Waals surface area contributed by atoms with Crippen LogP contribution in [0.25, 0.3) is 0 Å². The average molecular weight is 546 g/mol. The summed E-state index contributed by atoms with van der Waals surface area (Å²) in [6, 6.07) is 0. The first kappa shape index (κ1) is 27.0. The van der Waals surface area contributed by atoms with E-state index in [0.717, 1.165) is 0 Å². The summed E-state index contributed by atoms with van der Waals surface area (Å²) in [7, 11) is -17.1. The standard InChI is InChI=1S/C10H12ClFN3O14P3/c11-2-1-10(12)6(16)5(27-7(10)15-4-13-8(17)14-9(15)18)3-26-31(22,23)29-32(24,25)28-30(19,20)21/h4-7,16H,3H2,(H,22,23)(H,24,25)(H,14,17,18)(H2,19,20,21)/t5-,6+,7-,10?/m1/s1. The summed E-state index contributed by atoms with van der Waals surface area (Å²) in [6.07, 6.45) is -5.81. The van der Waals surface area contributed by atoms with Gasteiger partial charge >= 0.3 is 34.8 Å². The zero-order chi connectivity index (χ0) is 24.5. The molecule has 1 aliphatic heterocycles. The van der Waals surface area contributed by atoms with Crippen molar-refractivity contribution < 1.29 is 60.6 Å². The second-order valence-corrected chi connectivity index (χ2v) is 10.3. The fraction of sp³-hybridized carbons (Fsp3) is 0.500. The van der Waals surface area contributed by atoms with E-state index in [9.17, 15) is 33.3 Å². The van der Waals surface area contributed by atoms with E-state index >= 15 is 4.39 Å². The van der Waals surface area contributed by atoms with Crippen molar-refractivity contribution in [3.63, 3.8) is 0 Å². The van der Waals surface area contributed by atoms with E-state index in [1.165, 1.54) is 0 Å². The summed E-state index contributed by atoms with van der Waals surface area (Å²) in [4.78, 5) is 63.3. The Kier molecular flexibility index (Phi) is 8.03. The molecule has 0 spiro atoms. The van der Waals surface area contributed by atoms with Crippen molar-refractivity contribution in [2.75, 3.05) is 6.61 Å². The molecule has 0 amide bonds. The summed E-state index contributed by atoms with van der Waals surface area (Å²) < 4.78 is 65.7. The van der Waals surface area contributed by atoms with Gasteiger partial charge in [0.15, 0.2) is 6.23 Å². The van der Waals surface area contributed by atoms with Gasteiger partial charge in [-0.3, -0.25) is 14.1 Å². The molecule has 2 heterocycles. The minimum absolute atomic E-state index is 0.372. The third-order valence-corrected chi connectivity index (χ3v) is 7.40. The number of aromatic nitrogens is 3. The van der Waals surface area contributed by atoms with E-state index in [1.54, 1.807) is 16.3 Å². The number of nitrogens with zero attached hydrogens (tertiary/aromatic N) is 2. The SMILES string of the molecule is O=c1ncn([C@@H]2O[C@H](COP(=O)(O)OP(=O)(O)OP(=O)(O)O)[C@H](O)C2(F)C#CCl)c(=O)[nH]1. The Bertz CT molecular complexity index is 1190. The van der Waals surface area contributed by atoms with Gasteiger partial charge < -0.3 is 29.4 Å². The van der Waals surface area contributed by atoms with Crippen LogP contribution in [0.2, 0.25) is 0 Å². The Labute approximate surface area is 180 Å². The zero-order valence-electron chi connectivity index (χ0n) is 14.9. The van der Waals surface area contributed by atoms with Crippen LogP contribution in [0.1, 0.15) is 6.23 Å². The van der Waals surface area contributed by atoms with Gasteiger partial charge in [0.05, 0.1) is 6.61 Å². The fourth-order valence-corrected chi connectivity index (χ4v) is 5.53. The van der Waals surface area contributed by atoms with Gasteiger partial charge in [0.1, 0.15) is 18.5 Å². The summed E-state index contributed by atoms with van der Waals surface area (Å²) >= 11 is 5.18. The van der Waals surface area contributed by atoms with Gasteiger partial charge in [-0.05, 0) is 17.5 Å². The van der Waals surface area contributed by atoms with E-state index in [2.05, 4.69) is 18.1 Å². The maximum atomic E-state index is 15.3. The van der Waals surface area contributed by atoms with Crippen molar-refractivity contribution in [1.82, 2.24) is 14.5 Å². The largest absolute Gasteiger partial charge is 0.490 e. The number of aliphatic hydroxyl groups excluding tert-OH is 1. The first-order chi connectivity index (χ1) is 14.5. The van der Waals surface area contributed by atoms with E-state index in [0.29, 0.717) is 10.9 Å². The molecule has 22 heteroatoms. The first-order valence-corrected chi connectivity index (χ1v) is 12.5. The van der Waals surface area contributed by atoms with Crippen LogP contribution in [0, 0.1) is 11.3 Å². The highest BCUT2D eigenvalue weighted by molar-refractivity contribution is 7.66. The van der Waals surface area contributed by atoms with Crippen molar-refractivity contribution in [3.8, 4) is 11.3 Å². The Morgan fingerprint density at radius 3 is 2.41 bits per heavy atom. The normalized spacial score (nSPS) is 29.5. The second kappa shape index (κ2) is 9.53. The maximum Gasteiger partial charge on any atom is 0.490 e. The third-order valence-electron chi connectivity index (χ3n) is 3.50. The number of hydrogen-bond donors (Lipinski definition) is 6. The van der Waals surface area contributed by atoms with Crippen molar-refractivity contribution in [2.24, 2.45) is 0 Å². The number of aliphatic hydroxyl groups is 1. The lowest BCUT2D eigenvalue weighted by Gasteiger charge is -2.23. The van der Waals surface area contributed by atoms with Crippen LogP contribution in [0.4, 0.5) is 4.39 Å². The molecule has 1 aliphatic rings. The van der Waals surface area contributed by atoms with E-state index in [4.69, 9.17) is 31.0 Å². The lowest BCUT2D eigenvalue weighted by Crippen LogP contribution is -2.45. The number of halogens is 2. The number of H-pyrrole nitrogens is 1. The topological polar surface area (TPSA) is 257 Å². The van der Waals surface area contributed by atoms with Crippen molar-refractivity contribution in [3.05, 3.63) is 27.3 Å². The molecule has 1 aromatic rings. The first-order valence-electron chi connectivity index (χ1n) is 7.61. The quantitative estimate of drug-likeness (QED) is 0.159. The number of aromatic amines is 1. The molecule has 6 N–H and O–H groups in total. The molecule has 0 aliphatic carbocycles. The molecular formula is C10H12ClFN3O14P3.